The average molecular weight is 550 g/mol. The zero-order valence-electron chi connectivity index (χ0n) is 18.4. The first-order valence-corrected chi connectivity index (χ1v) is 13.4. The smallest absolute Gasteiger partial charge is 0.277 e. The van der Waals surface area contributed by atoms with E-state index in [1.54, 1.807) is 53.9 Å². The van der Waals surface area contributed by atoms with E-state index >= 15 is 0 Å². The third-order valence-corrected chi connectivity index (χ3v) is 7.71. The van der Waals surface area contributed by atoms with E-state index in [2.05, 4.69) is 10.3 Å². The number of carbonyl (C=O) groups is 3. The fourth-order valence-corrected chi connectivity index (χ4v) is 5.89. The zero-order valence-corrected chi connectivity index (χ0v) is 21.6. The molecule has 35 heavy (non-hydrogen) atoms. The molecule has 7 nitrogen and oxygen atoms in total. The molecule has 0 saturated carbocycles. The van der Waals surface area contributed by atoms with Crippen LogP contribution in [0.5, 0.6) is 5.75 Å². The number of thiazole rings is 1. The summed E-state index contributed by atoms with van der Waals surface area (Å²) >= 11 is 14.8. The van der Waals surface area contributed by atoms with E-state index in [9.17, 15) is 14.4 Å². The van der Waals surface area contributed by atoms with Gasteiger partial charge in [0.15, 0.2) is 4.34 Å². The van der Waals surface area contributed by atoms with Gasteiger partial charge in [-0.1, -0.05) is 53.2 Å². The molecule has 1 saturated heterocycles. The van der Waals surface area contributed by atoms with E-state index in [-0.39, 0.29) is 17.6 Å². The summed E-state index contributed by atoms with van der Waals surface area (Å²) in [6.07, 6.45) is 1.20. The number of rotatable bonds is 9. The first-order valence-electron chi connectivity index (χ1n) is 10.8. The highest BCUT2D eigenvalue weighted by atomic mass is 35.5. The maximum Gasteiger partial charge on any atom is 0.277 e. The Morgan fingerprint density at radius 1 is 1.14 bits per heavy atom. The van der Waals surface area contributed by atoms with E-state index in [0.29, 0.717) is 51.0 Å². The highest BCUT2D eigenvalue weighted by Gasteiger charge is 2.31. The highest BCUT2D eigenvalue weighted by Crippen LogP contribution is 2.27. The van der Waals surface area contributed by atoms with Crippen molar-refractivity contribution in [1.82, 2.24) is 15.2 Å². The molecule has 1 fully saturated rings. The number of imide groups is 1. The van der Waals surface area contributed by atoms with Crippen LogP contribution in [0.2, 0.25) is 10.0 Å². The molecular formula is C24H21Cl2N3O4S2. The number of benzene rings is 2. The molecule has 182 valence electrons. The van der Waals surface area contributed by atoms with Gasteiger partial charge < -0.3 is 9.64 Å². The van der Waals surface area contributed by atoms with Crippen molar-refractivity contribution in [3.05, 3.63) is 75.2 Å². The molecular weight excluding hydrogens is 529 g/mol. The Hall–Kier alpha value is -2.59. The maximum absolute atomic E-state index is 12.4. The van der Waals surface area contributed by atoms with Crippen molar-refractivity contribution >= 4 is 64.0 Å². The number of amides is 3. The van der Waals surface area contributed by atoms with E-state index < -0.39 is 11.8 Å². The summed E-state index contributed by atoms with van der Waals surface area (Å²) in [6.45, 7) is 0.880. The number of hydrogen-bond donors (Lipinski definition) is 1. The number of likely N-dealkylation sites (tertiary alicyclic amines) is 1. The summed E-state index contributed by atoms with van der Waals surface area (Å²) in [6, 6.07) is 13.5. The van der Waals surface area contributed by atoms with Crippen molar-refractivity contribution in [1.29, 1.82) is 0 Å². The number of aromatic nitrogens is 1. The number of carbonyl (C=O) groups excluding carboxylic acids is 3. The third-order valence-electron chi connectivity index (χ3n) is 5.27. The van der Waals surface area contributed by atoms with E-state index in [1.807, 2.05) is 4.90 Å². The first-order chi connectivity index (χ1) is 16.9. The van der Waals surface area contributed by atoms with Gasteiger partial charge in [0.1, 0.15) is 18.1 Å². The highest BCUT2D eigenvalue weighted by molar-refractivity contribution is 8.01. The van der Waals surface area contributed by atoms with Crippen LogP contribution in [0.1, 0.15) is 33.7 Å². The van der Waals surface area contributed by atoms with Crippen molar-refractivity contribution < 1.29 is 19.1 Å². The quantitative estimate of drug-likeness (QED) is 0.292. The Kier molecular flexibility index (Phi) is 8.67. The third kappa shape index (κ3) is 6.98. The minimum Gasteiger partial charge on any atom is -0.491 e. The van der Waals surface area contributed by atoms with Crippen LogP contribution >= 0.6 is 46.3 Å². The van der Waals surface area contributed by atoms with Crippen molar-refractivity contribution in [3.8, 4) is 5.75 Å². The number of hydrogen-bond acceptors (Lipinski definition) is 7. The van der Waals surface area contributed by atoms with Crippen LogP contribution < -0.4 is 10.1 Å². The molecule has 0 spiro atoms. The van der Waals surface area contributed by atoms with Gasteiger partial charge in [-0.25, -0.2) is 4.98 Å². The van der Waals surface area contributed by atoms with Crippen LogP contribution in [0.3, 0.4) is 0 Å². The number of ether oxygens (including phenoxy) is 1. The van der Waals surface area contributed by atoms with Gasteiger partial charge in [0.2, 0.25) is 5.91 Å². The van der Waals surface area contributed by atoms with Gasteiger partial charge >= 0.3 is 0 Å². The lowest BCUT2D eigenvalue weighted by Crippen LogP contribution is -2.38. The van der Waals surface area contributed by atoms with Gasteiger partial charge in [-0.3, -0.25) is 19.7 Å². The number of thioether (sulfide) groups is 1. The number of nitrogens with zero attached hydrogens (tertiary/aromatic N) is 2. The van der Waals surface area contributed by atoms with Gasteiger partial charge in [-0.2, -0.15) is 0 Å². The number of nitrogens with one attached hydrogen (secondary N) is 1. The lowest BCUT2D eigenvalue weighted by molar-refractivity contribution is -0.129. The SMILES string of the molecule is O=C(NC(=O)c1csc(SCCN2C(=O)CCC2COc2cc(Cl)cc(Cl)c2)n1)c1ccccc1. The fraction of sp³-hybridized carbons (Fsp3) is 0.250. The lowest BCUT2D eigenvalue weighted by atomic mass is 10.2. The molecule has 4 rings (SSSR count). The van der Waals surface area contributed by atoms with Gasteiger partial charge in [0.05, 0.1) is 6.04 Å². The predicted molar refractivity (Wildman–Crippen MR) is 138 cm³/mol. The van der Waals surface area contributed by atoms with Gasteiger partial charge in [-0.05, 0) is 36.8 Å². The van der Waals surface area contributed by atoms with Crippen molar-refractivity contribution in [2.24, 2.45) is 0 Å². The van der Waals surface area contributed by atoms with E-state index in [1.165, 1.54) is 23.1 Å². The zero-order chi connectivity index (χ0) is 24.8. The number of halogens is 2. The summed E-state index contributed by atoms with van der Waals surface area (Å²) in [4.78, 5) is 43.0. The Balaban J connectivity index is 1.26. The molecule has 2 aromatic carbocycles. The summed E-state index contributed by atoms with van der Waals surface area (Å²) in [5.41, 5.74) is 0.587. The molecule has 1 unspecified atom stereocenters. The van der Waals surface area contributed by atoms with Gasteiger partial charge in [0.25, 0.3) is 11.8 Å². The Labute approximate surface area is 220 Å². The van der Waals surface area contributed by atoms with Crippen molar-refractivity contribution in [2.75, 3.05) is 18.9 Å². The lowest BCUT2D eigenvalue weighted by Gasteiger charge is -2.24. The second-order valence-electron chi connectivity index (χ2n) is 7.69. The minimum absolute atomic E-state index is 0.0394. The Morgan fingerprint density at radius 2 is 1.89 bits per heavy atom. The molecule has 3 amide bonds. The summed E-state index contributed by atoms with van der Waals surface area (Å²) in [5.74, 6) is 0.245. The van der Waals surface area contributed by atoms with Crippen LogP contribution in [-0.4, -0.2) is 52.6 Å². The molecule has 1 N–H and O–H groups in total. The fourth-order valence-electron chi connectivity index (χ4n) is 3.57. The van der Waals surface area contributed by atoms with Crippen LogP contribution in [0, 0.1) is 0 Å². The van der Waals surface area contributed by atoms with Crippen LogP contribution in [0.4, 0.5) is 0 Å². The Morgan fingerprint density at radius 3 is 2.63 bits per heavy atom. The summed E-state index contributed by atoms with van der Waals surface area (Å²) in [5, 5.41) is 4.94. The summed E-state index contributed by atoms with van der Waals surface area (Å²) in [7, 11) is 0. The average Bonchev–Trinajstić information content (AvgIpc) is 3.45. The normalized spacial score (nSPS) is 15.3. The second-order valence-corrected chi connectivity index (χ2v) is 10.8. The molecule has 11 heteroatoms. The van der Waals surface area contributed by atoms with Crippen LogP contribution in [0.15, 0.2) is 58.3 Å². The van der Waals surface area contributed by atoms with E-state index in [0.717, 1.165) is 6.42 Å². The molecule has 1 atom stereocenters. The molecule has 0 aliphatic carbocycles. The second kappa shape index (κ2) is 11.9. The largest absolute Gasteiger partial charge is 0.491 e. The predicted octanol–water partition coefficient (Wildman–Crippen LogP) is 5.18. The topological polar surface area (TPSA) is 88.6 Å². The molecule has 3 aromatic rings. The monoisotopic (exact) mass is 549 g/mol. The molecule has 0 bridgehead atoms. The molecule has 1 aliphatic heterocycles. The summed E-state index contributed by atoms with van der Waals surface area (Å²) < 4.78 is 6.53. The van der Waals surface area contributed by atoms with Crippen LogP contribution in [0.25, 0.3) is 0 Å². The first kappa shape index (κ1) is 25.5. The maximum atomic E-state index is 12.4. The Bertz CT molecular complexity index is 1200. The minimum atomic E-state index is -0.546. The van der Waals surface area contributed by atoms with Crippen molar-refractivity contribution in [3.63, 3.8) is 0 Å². The van der Waals surface area contributed by atoms with Crippen molar-refractivity contribution in [2.45, 2.75) is 23.2 Å². The molecule has 2 heterocycles. The van der Waals surface area contributed by atoms with Gasteiger partial charge in [0, 0.05) is 39.7 Å². The van der Waals surface area contributed by atoms with Crippen LogP contribution in [-0.2, 0) is 4.79 Å². The molecule has 0 radical (unpaired) electrons. The standard InChI is InChI=1S/C24H21Cl2N3O4S2/c25-16-10-17(26)12-19(11-16)33-13-18-6-7-21(30)29(18)8-9-34-24-27-20(14-35-24)23(32)28-22(31)15-4-2-1-3-5-15/h1-5,10-12,14,18H,6-9,13H2,(H,28,31,32). The van der Waals surface area contributed by atoms with Gasteiger partial charge in [-0.15, -0.1) is 11.3 Å². The molecule has 1 aliphatic rings. The van der Waals surface area contributed by atoms with E-state index in [4.69, 9.17) is 27.9 Å². The molecule has 1 aromatic heterocycles.